The molecule has 12 amide bonds. The highest BCUT2D eigenvalue weighted by molar-refractivity contribution is 5.99. The molecule has 12 atom stereocenters. The van der Waals surface area contributed by atoms with E-state index in [2.05, 4.69) is 26.6 Å². The molecule has 0 saturated carbocycles. The molecule has 0 spiro atoms. The van der Waals surface area contributed by atoms with Crippen molar-refractivity contribution < 1.29 is 62.6 Å². The van der Waals surface area contributed by atoms with E-state index in [9.17, 15) is 43.5 Å². The van der Waals surface area contributed by atoms with Crippen LogP contribution in [0.1, 0.15) is 182 Å². The first-order valence-electron chi connectivity index (χ1n) is 33.1. The minimum absolute atomic E-state index is 0.00890. The van der Waals surface area contributed by atoms with E-state index in [0.29, 0.717) is 19.4 Å². The smallest absolute Gasteiger partial charge is 0.246 e. The Morgan fingerprint density at radius 2 is 0.901 bits per heavy atom. The quantitative estimate of drug-likeness (QED) is 0.0954. The van der Waals surface area contributed by atoms with Crippen LogP contribution in [0, 0.1) is 41.4 Å². The lowest BCUT2D eigenvalue weighted by atomic mass is 9.90. The Morgan fingerprint density at radius 3 is 1.37 bits per heavy atom. The predicted molar refractivity (Wildman–Crippen MR) is 351 cm³/mol. The van der Waals surface area contributed by atoms with Gasteiger partial charge < -0.3 is 66.0 Å². The number of nitrogens with zero attached hydrogens (tertiary/aromatic N) is 7. The number of likely N-dealkylation sites (N-methyl/N-ethyl adjacent to an activating group) is 7. The van der Waals surface area contributed by atoms with Crippen LogP contribution in [0.2, 0.25) is 0 Å². The molecule has 0 aromatic heterocycles. The van der Waals surface area contributed by atoms with Crippen molar-refractivity contribution in [3.63, 3.8) is 0 Å². The number of hydrogen-bond donors (Lipinski definition) is 6. The van der Waals surface area contributed by atoms with Crippen molar-refractivity contribution in [1.82, 2.24) is 60.9 Å². The lowest BCUT2D eigenvalue weighted by molar-refractivity contribution is -0.157. The predicted octanol–water partition coefficient (Wildman–Crippen LogP) is 3.39. The van der Waals surface area contributed by atoms with Gasteiger partial charge in [-0.15, -0.1) is 0 Å². The van der Waals surface area contributed by atoms with Crippen LogP contribution in [-0.4, -0.2) is 239 Å². The highest BCUT2D eigenvalue weighted by Gasteiger charge is 2.46. The van der Waals surface area contributed by atoms with Gasteiger partial charge in [0.2, 0.25) is 70.9 Å². The van der Waals surface area contributed by atoms with E-state index in [-0.39, 0.29) is 61.7 Å². The molecule has 0 aliphatic carbocycles. The Balaban J connectivity index is 4.31. The van der Waals surface area contributed by atoms with Crippen LogP contribution in [0.15, 0.2) is 0 Å². The van der Waals surface area contributed by atoms with Gasteiger partial charge in [-0.3, -0.25) is 57.5 Å². The Labute approximate surface area is 544 Å². The van der Waals surface area contributed by atoms with Crippen molar-refractivity contribution in [1.29, 1.82) is 0 Å². The summed E-state index contributed by atoms with van der Waals surface area (Å²) in [7, 11) is 9.91. The molecule has 0 unspecified atom stereocenters. The molecule has 91 heavy (non-hydrogen) atoms. The highest BCUT2D eigenvalue weighted by Crippen LogP contribution is 2.26. The fourth-order valence-electron chi connectivity index (χ4n) is 11.6. The van der Waals surface area contributed by atoms with Crippen LogP contribution in [0.25, 0.3) is 0 Å². The number of rotatable bonds is 20. The zero-order valence-electron chi connectivity index (χ0n) is 59.9. The maximum Gasteiger partial charge on any atom is 0.246 e. The Hall–Kier alpha value is -6.40. The van der Waals surface area contributed by atoms with E-state index < -0.39 is 156 Å². The van der Waals surface area contributed by atoms with Gasteiger partial charge in [0.1, 0.15) is 60.4 Å². The Morgan fingerprint density at radius 1 is 0.473 bits per heavy atom. The van der Waals surface area contributed by atoms with Crippen molar-refractivity contribution in [2.75, 3.05) is 62.4 Å². The molecule has 1 aliphatic rings. The summed E-state index contributed by atoms with van der Waals surface area (Å²) >= 11 is 0. The fraction of sp³-hybridized carbons (Fsp3) is 0.818. The van der Waals surface area contributed by atoms with Crippen LogP contribution < -0.4 is 26.6 Å². The topological polar surface area (TPSA) is 308 Å². The third kappa shape index (κ3) is 24.9. The SMILES string of the molecule is CC[C@@H]1NC(=O)[C@H]([C@H](O)[C@H](C)CCCCCCNC(C)=O)N(C)C(=O)[C@H](C(C)C)N(C)C(=O)[C@H](CC(C)C)N(C)C(=O)[C@H](CC(C)C)N(C)C(=O)[C@H](C)NC(=O)[C@@H](C)NC(=O)[C@@H](CC(C)C)N(C)C(=O)[C@@H](C(C)C)NC(=O)[C@H](CC(C)C)N(C)C(=O)CN(C)C1=O. The molecule has 1 saturated heterocycles. The van der Waals surface area contributed by atoms with Crippen molar-refractivity contribution in [3.8, 4) is 0 Å². The standard InChI is InChI=1S/C66H120N12O13/c1-25-47-62(87)72(18)36-52(80)73(19)48(32-37(2)3)59(84)71-53(41(10)11)65(90)74(20)49(33-38(4)5)58(83)68-44(15)57(82)69-45(16)61(86)75(21)50(34-39(6)7)63(88)76(22)51(35-40(8)9)64(89)77(23)54(42(12)13)66(91)78(24)55(60(85)70-47)56(81)43(14)30-28-26-27-29-31-67-46(17)79/h37-45,47-51,53-56,81H,25-36H2,1-24H3,(H,67,79)(H,68,83)(H,69,82)(H,70,85)(H,71,84)/t43-,44-,45+,47+,48+,49-,50+,51+,53-,54+,55+,56-/m1/s1. The van der Waals surface area contributed by atoms with Crippen molar-refractivity contribution in [2.45, 2.75) is 248 Å². The van der Waals surface area contributed by atoms with Gasteiger partial charge in [-0.1, -0.05) is 116 Å². The van der Waals surface area contributed by atoms with Crippen molar-refractivity contribution in [2.24, 2.45) is 41.4 Å². The first kappa shape index (κ1) is 82.6. The van der Waals surface area contributed by atoms with Gasteiger partial charge in [-0.25, -0.2) is 0 Å². The van der Waals surface area contributed by atoms with E-state index in [1.807, 2.05) is 55.4 Å². The monoisotopic (exact) mass is 1290 g/mol. The molecule has 1 fully saturated rings. The third-order valence-corrected chi connectivity index (χ3v) is 17.3. The number of nitrogens with one attached hydrogen (secondary N) is 5. The summed E-state index contributed by atoms with van der Waals surface area (Å²) in [4.78, 5) is 181. The van der Waals surface area contributed by atoms with Gasteiger partial charge >= 0.3 is 0 Å². The number of carbonyl (C=O) groups is 12. The minimum Gasteiger partial charge on any atom is -0.390 e. The largest absolute Gasteiger partial charge is 0.390 e. The number of unbranched alkanes of at least 4 members (excludes halogenated alkanes) is 3. The summed E-state index contributed by atoms with van der Waals surface area (Å²) in [5.41, 5.74) is 0. The van der Waals surface area contributed by atoms with Gasteiger partial charge in [0.15, 0.2) is 0 Å². The van der Waals surface area contributed by atoms with E-state index in [1.54, 1.807) is 41.5 Å². The van der Waals surface area contributed by atoms with E-state index in [1.165, 1.54) is 94.6 Å². The zero-order chi connectivity index (χ0) is 70.4. The Bertz CT molecular complexity index is 2460. The zero-order valence-corrected chi connectivity index (χ0v) is 59.9. The van der Waals surface area contributed by atoms with Gasteiger partial charge in [0.25, 0.3) is 0 Å². The molecule has 25 heteroatoms. The van der Waals surface area contributed by atoms with Crippen LogP contribution in [0.5, 0.6) is 0 Å². The second kappa shape index (κ2) is 38.6. The average molecular weight is 1290 g/mol. The third-order valence-electron chi connectivity index (χ3n) is 17.3. The summed E-state index contributed by atoms with van der Waals surface area (Å²) < 4.78 is 0. The van der Waals surface area contributed by atoms with Crippen molar-refractivity contribution >= 4 is 70.9 Å². The second-order valence-corrected chi connectivity index (χ2v) is 28.0. The van der Waals surface area contributed by atoms with E-state index in [0.717, 1.165) is 29.1 Å². The molecular formula is C66H120N12O13. The average Bonchev–Trinajstić information content (AvgIpc) is 0.858. The van der Waals surface area contributed by atoms with Crippen LogP contribution in [0.4, 0.5) is 0 Å². The molecule has 1 heterocycles. The molecule has 522 valence electrons. The summed E-state index contributed by atoms with van der Waals surface area (Å²) in [6.45, 7) is 29.5. The summed E-state index contributed by atoms with van der Waals surface area (Å²) in [5.74, 6) is -9.97. The number of aliphatic hydroxyl groups excluding tert-OH is 1. The molecule has 1 rings (SSSR count). The summed E-state index contributed by atoms with van der Waals surface area (Å²) in [6.07, 6.45) is 2.39. The number of aliphatic hydroxyl groups is 1. The van der Waals surface area contributed by atoms with Gasteiger partial charge in [0.05, 0.1) is 12.6 Å². The molecule has 0 radical (unpaired) electrons. The number of carbonyl (C=O) groups excluding carboxylic acids is 12. The van der Waals surface area contributed by atoms with Crippen LogP contribution >= 0.6 is 0 Å². The molecule has 1 aliphatic heterocycles. The molecule has 25 nitrogen and oxygen atoms in total. The van der Waals surface area contributed by atoms with Crippen LogP contribution in [-0.2, 0) is 57.5 Å². The lowest BCUT2D eigenvalue weighted by Crippen LogP contribution is -2.63. The highest BCUT2D eigenvalue weighted by atomic mass is 16.3. The van der Waals surface area contributed by atoms with Crippen molar-refractivity contribution in [3.05, 3.63) is 0 Å². The Kier molecular flexibility index (Phi) is 35.0. The van der Waals surface area contributed by atoms with Crippen LogP contribution in [0.3, 0.4) is 0 Å². The number of amides is 12. The minimum atomic E-state index is -1.63. The first-order chi connectivity index (χ1) is 42.1. The maximum atomic E-state index is 15.3. The molecule has 0 aromatic carbocycles. The van der Waals surface area contributed by atoms with Gasteiger partial charge in [-0.05, 0) is 100 Å². The molecule has 0 bridgehead atoms. The normalized spacial score (nSPS) is 25.7. The first-order valence-corrected chi connectivity index (χ1v) is 33.1. The summed E-state index contributed by atoms with van der Waals surface area (Å²) in [5, 5.41) is 26.1. The molecule has 0 aromatic rings. The van der Waals surface area contributed by atoms with E-state index >= 15 is 19.2 Å². The maximum absolute atomic E-state index is 15.3. The molecule has 6 N–H and O–H groups in total. The van der Waals surface area contributed by atoms with E-state index in [4.69, 9.17) is 0 Å². The molecular weight excluding hydrogens is 1170 g/mol. The van der Waals surface area contributed by atoms with Gasteiger partial charge in [0, 0.05) is 62.8 Å². The number of hydrogen-bond acceptors (Lipinski definition) is 13. The lowest BCUT2D eigenvalue weighted by Gasteiger charge is -2.41. The summed E-state index contributed by atoms with van der Waals surface area (Å²) in [6, 6.07) is -12.5. The second-order valence-electron chi connectivity index (χ2n) is 28.0. The van der Waals surface area contributed by atoms with Gasteiger partial charge in [-0.2, -0.15) is 0 Å². The fourth-order valence-corrected chi connectivity index (χ4v) is 11.6.